The van der Waals surface area contributed by atoms with E-state index >= 15 is 0 Å². The number of carbonyl (C=O) groups is 1. The lowest BCUT2D eigenvalue weighted by Crippen LogP contribution is -2.30. The molecule has 33 heavy (non-hydrogen) atoms. The number of sulfonamides is 1. The summed E-state index contributed by atoms with van der Waals surface area (Å²) in [5.74, 6) is -1.35. The molecule has 0 aliphatic carbocycles. The molecule has 0 aliphatic heterocycles. The molecule has 2 aromatic heterocycles. The molecule has 4 aromatic rings. The molecule has 0 atom stereocenters. The summed E-state index contributed by atoms with van der Waals surface area (Å²) in [5, 5.41) is 0.980. The number of nitrogens with one attached hydrogen (secondary N) is 1. The van der Waals surface area contributed by atoms with Crippen LogP contribution in [-0.4, -0.2) is 37.2 Å². The second kappa shape index (κ2) is 8.66. The van der Waals surface area contributed by atoms with Crippen LogP contribution < -0.4 is 9.46 Å². The van der Waals surface area contributed by atoms with Crippen molar-refractivity contribution in [3.8, 4) is 22.6 Å². The zero-order valence-corrected chi connectivity index (χ0v) is 19.6. The number of ether oxygens (including phenoxy) is 1. The Hall–Kier alpha value is -3.14. The van der Waals surface area contributed by atoms with Gasteiger partial charge in [-0.2, -0.15) is 0 Å². The van der Waals surface area contributed by atoms with E-state index in [2.05, 4.69) is 4.98 Å². The minimum absolute atomic E-state index is 0.00430. The van der Waals surface area contributed by atoms with Crippen LogP contribution in [0.2, 0.25) is 10.0 Å². The van der Waals surface area contributed by atoms with Gasteiger partial charge >= 0.3 is 0 Å². The zero-order valence-electron chi connectivity index (χ0n) is 17.3. The SMILES string of the molecule is COc1ccc(-c2cnc3c(c2)c(Cl)cn3-c2cc(F)c(C(=O)NS(C)(=O)=O)cc2Cl)cc1. The van der Waals surface area contributed by atoms with E-state index in [9.17, 15) is 17.6 Å². The number of hydrogen-bond donors (Lipinski definition) is 1. The molecule has 0 saturated carbocycles. The summed E-state index contributed by atoms with van der Waals surface area (Å²) in [6, 6.07) is 11.4. The summed E-state index contributed by atoms with van der Waals surface area (Å²) in [7, 11) is -2.28. The number of nitrogens with zero attached hydrogens (tertiary/aromatic N) is 2. The van der Waals surface area contributed by atoms with E-state index in [1.54, 1.807) is 18.0 Å². The summed E-state index contributed by atoms with van der Waals surface area (Å²) in [5.41, 5.74) is 1.82. The molecule has 170 valence electrons. The molecular weight excluding hydrogens is 492 g/mol. The highest BCUT2D eigenvalue weighted by atomic mass is 35.5. The van der Waals surface area contributed by atoms with Crippen molar-refractivity contribution < 1.29 is 22.3 Å². The Kier molecular flexibility index (Phi) is 6.04. The molecule has 0 unspecified atom stereocenters. The molecule has 0 bridgehead atoms. The number of benzene rings is 2. The molecule has 2 aromatic carbocycles. The van der Waals surface area contributed by atoms with Crippen molar-refractivity contribution in [3.63, 3.8) is 0 Å². The first-order chi connectivity index (χ1) is 15.6. The van der Waals surface area contributed by atoms with Crippen molar-refractivity contribution in [3.05, 3.63) is 76.3 Å². The Morgan fingerprint density at radius 1 is 1.09 bits per heavy atom. The molecule has 0 saturated heterocycles. The molecule has 0 spiro atoms. The number of aromatic nitrogens is 2. The first-order valence-electron chi connectivity index (χ1n) is 9.40. The Labute approximate surface area is 198 Å². The molecule has 0 radical (unpaired) electrons. The average molecular weight is 508 g/mol. The van der Waals surface area contributed by atoms with Crippen LogP contribution in [0.15, 0.2) is 54.9 Å². The number of methoxy groups -OCH3 is 1. The predicted octanol–water partition coefficient (Wildman–Crippen LogP) is 4.84. The lowest BCUT2D eigenvalue weighted by atomic mass is 10.1. The summed E-state index contributed by atoms with van der Waals surface area (Å²) in [6.07, 6.45) is 3.97. The Morgan fingerprint density at radius 2 is 1.79 bits per heavy atom. The number of halogens is 3. The molecule has 1 amide bonds. The fourth-order valence-electron chi connectivity index (χ4n) is 3.31. The number of hydrogen-bond acceptors (Lipinski definition) is 5. The molecule has 11 heteroatoms. The molecule has 4 rings (SSSR count). The average Bonchev–Trinajstić information content (AvgIpc) is 3.09. The Bertz CT molecular complexity index is 1500. The van der Waals surface area contributed by atoms with Crippen LogP contribution in [-0.2, 0) is 10.0 Å². The van der Waals surface area contributed by atoms with Crippen LogP contribution in [0.4, 0.5) is 4.39 Å². The van der Waals surface area contributed by atoms with Gasteiger partial charge in [-0.1, -0.05) is 35.3 Å². The third-order valence-corrected chi connectivity index (χ3v) is 6.00. The van der Waals surface area contributed by atoms with Crippen molar-refractivity contribution in [1.29, 1.82) is 0 Å². The molecule has 0 fully saturated rings. The minimum Gasteiger partial charge on any atom is -0.497 e. The monoisotopic (exact) mass is 507 g/mol. The van der Waals surface area contributed by atoms with E-state index in [1.165, 1.54) is 10.8 Å². The lowest BCUT2D eigenvalue weighted by molar-refractivity contribution is 0.0978. The zero-order chi connectivity index (χ0) is 23.9. The highest BCUT2D eigenvalue weighted by molar-refractivity contribution is 7.89. The second-order valence-corrected chi connectivity index (χ2v) is 9.72. The normalized spacial score (nSPS) is 11.5. The molecular formula is C22H16Cl2FN3O4S. The van der Waals surface area contributed by atoms with Gasteiger partial charge in [-0.25, -0.2) is 22.5 Å². The van der Waals surface area contributed by atoms with Crippen LogP contribution in [0.25, 0.3) is 27.8 Å². The van der Waals surface area contributed by atoms with E-state index in [0.717, 1.165) is 35.3 Å². The Morgan fingerprint density at radius 3 is 2.42 bits per heavy atom. The van der Waals surface area contributed by atoms with Gasteiger partial charge in [0, 0.05) is 29.4 Å². The summed E-state index contributed by atoms with van der Waals surface area (Å²) in [6.45, 7) is 0. The van der Waals surface area contributed by atoms with Gasteiger partial charge in [0.25, 0.3) is 5.91 Å². The van der Waals surface area contributed by atoms with Crippen molar-refractivity contribution in [1.82, 2.24) is 14.3 Å². The fraction of sp³-hybridized carbons (Fsp3) is 0.0909. The summed E-state index contributed by atoms with van der Waals surface area (Å²) in [4.78, 5) is 16.6. The topological polar surface area (TPSA) is 90.3 Å². The Balaban J connectivity index is 1.77. The number of rotatable bonds is 5. The maximum Gasteiger partial charge on any atom is 0.267 e. The van der Waals surface area contributed by atoms with E-state index in [4.69, 9.17) is 27.9 Å². The summed E-state index contributed by atoms with van der Waals surface area (Å²) < 4.78 is 45.7. The van der Waals surface area contributed by atoms with Gasteiger partial charge in [-0.05, 0) is 29.8 Å². The minimum atomic E-state index is -3.87. The third kappa shape index (κ3) is 4.66. The first kappa shape index (κ1) is 23.0. The maximum absolute atomic E-state index is 14.7. The predicted molar refractivity (Wildman–Crippen MR) is 125 cm³/mol. The van der Waals surface area contributed by atoms with Crippen molar-refractivity contribution in [2.75, 3.05) is 13.4 Å². The summed E-state index contributed by atoms with van der Waals surface area (Å²) >= 11 is 12.7. The van der Waals surface area contributed by atoms with Gasteiger partial charge in [-0.15, -0.1) is 0 Å². The van der Waals surface area contributed by atoms with E-state index in [-0.39, 0.29) is 10.7 Å². The van der Waals surface area contributed by atoms with Gasteiger partial charge in [-0.3, -0.25) is 9.36 Å². The van der Waals surface area contributed by atoms with Crippen LogP contribution in [0.1, 0.15) is 10.4 Å². The molecule has 1 N–H and O–H groups in total. The van der Waals surface area contributed by atoms with Crippen LogP contribution >= 0.6 is 23.2 Å². The van der Waals surface area contributed by atoms with Crippen LogP contribution in [0.3, 0.4) is 0 Å². The number of fused-ring (bicyclic) bond motifs is 1. The lowest BCUT2D eigenvalue weighted by Gasteiger charge is -2.11. The fourth-order valence-corrected chi connectivity index (χ4v) is 4.25. The van der Waals surface area contributed by atoms with Crippen molar-refractivity contribution in [2.45, 2.75) is 0 Å². The number of pyridine rings is 1. The van der Waals surface area contributed by atoms with Crippen LogP contribution in [0.5, 0.6) is 5.75 Å². The highest BCUT2D eigenvalue weighted by Crippen LogP contribution is 2.34. The first-order valence-corrected chi connectivity index (χ1v) is 12.0. The smallest absolute Gasteiger partial charge is 0.267 e. The largest absolute Gasteiger partial charge is 0.497 e. The highest BCUT2D eigenvalue weighted by Gasteiger charge is 2.20. The quantitative estimate of drug-likeness (QED) is 0.417. The maximum atomic E-state index is 14.7. The third-order valence-electron chi connectivity index (χ3n) is 4.84. The van der Waals surface area contributed by atoms with Gasteiger partial charge in [0.15, 0.2) is 0 Å². The molecule has 0 aliphatic rings. The number of amides is 1. The van der Waals surface area contributed by atoms with Gasteiger partial charge < -0.3 is 4.74 Å². The van der Waals surface area contributed by atoms with Crippen molar-refractivity contribution in [2.24, 2.45) is 0 Å². The van der Waals surface area contributed by atoms with E-state index in [0.29, 0.717) is 16.1 Å². The molecule has 7 nitrogen and oxygen atoms in total. The van der Waals surface area contributed by atoms with Crippen molar-refractivity contribution >= 4 is 50.2 Å². The number of carbonyl (C=O) groups excluding carboxylic acids is 1. The van der Waals surface area contributed by atoms with E-state index < -0.39 is 27.3 Å². The van der Waals surface area contributed by atoms with Gasteiger partial charge in [0.2, 0.25) is 10.0 Å². The standard InChI is InChI=1S/C22H16Cl2FN3O4S/c1-32-14-5-3-12(4-6-14)13-7-15-18(24)11-28(21(15)26-10-13)20-9-19(25)16(8-17(20)23)22(29)27-33(2,30)31/h3-11H,1-2H3,(H,27,29). The molecule has 2 heterocycles. The van der Waals surface area contributed by atoms with Gasteiger partial charge in [0.05, 0.1) is 34.7 Å². The van der Waals surface area contributed by atoms with E-state index in [1.807, 2.05) is 30.3 Å². The second-order valence-electron chi connectivity index (χ2n) is 7.16. The van der Waals surface area contributed by atoms with Gasteiger partial charge in [0.1, 0.15) is 17.2 Å². The van der Waals surface area contributed by atoms with Crippen LogP contribution in [0, 0.1) is 5.82 Å².